The summed E-state index contributed by atoms with van der Waals surface area (Å²) >= 11 is 0. The van der Waals surface area contributed by atoms with Crippen LogP contribution in [-0.2, 0) is 0 Å². The monoisotopic (exact) mass is 568 g/mol. The van der Waals surface area contributed by atoms with Gasteiger partial charge >= 0.3 is 0 Å². The summed E-state index contributed by atoms with van der Waals surface area (Å²) < 4.78 is 0. The highest BCUT2D eigenvalue weighted by molar-refractivity contribution is 5.81. The van der Waals surface area contributed by atoms with Crippen LogP contribution in [0.3, 0.4) is 0 Å². The van der Waals surface area contributed by atoms with Crippen LogP contribution < -0.4 is 10.6 Å². The van der Waals surface area contributed by atoms with Crippen LogP contribution in [0.2, 0.25) is 0 Å². The molecule has 0 fully saturated rings. The van der Waals surface area contributed by atoms with Gasteiger partial charge in [0.05, 0.1) is 0 Å². The average molecular weight is 569 g/mol. The highest BCUT2D eigenvalue weighted by Gasteiger charge is 2.23. The first-order valence-electron chi connectivity index (χ1n) is 15.5. The van der Waals surface area contributed by atoms with Crippen molar-refractivity contribution in [2.24, 2.45) is 5.92 Å². The Morgan fingerprint density at radius 1 is 0.523 bits per heavy atom. The molecular formula is C42H36N2. The van der Waals surface area contributed by atoms with Gasteiger partial charge in [0.15, 0.2) is 0 Å². The van der Waals surface area contributed by atoms with Gasteiger partial charge < -0.3 is 10.6 Å². The molecule has 0 saturated carbocycles. The Hall–Kier alpha value is -5.34. The molecule has 2 heteroatoms. The van der Waals surface area contributed by atoms with Crippen LogP contribution in [-0.4, -0.2) is 0 Å². The zero-order chi connectivity index (χ0) is 29.6. The molecule has 2 N–H and O–H groups in total. The van der Waals surface area contributed by atoms with Crippen molar-refractivity contribution < 1.29 is 0 Å². The minimum atomic E-state index is 0.305. The van der Waals surface area contributed by atoms with Gasteiger partial charge in [-0.3, -0.25) is 0 Å². The van der Waals surface area contributed by atoms with Crippen LogP contribution in [0.1, 0.15) is 24.3 Å². The standard InChI is InChI=1S/C42H36N2/c1-4-14-31(15-5-1)34-19-13-23-38(29-34)44-42-27-26-35(30-40(42)32-16-6-2-7-17-32)33-18-12-20-36(28-33)39-24-10-11-25-41(39)43-37-21-8-3-9-22-37/h1-16,18-25,27-30,32,35,43-44H,17,26H2. The van der Waals surface area contributed by atoms with Gasteiger partial charge in [0.25, 0.3) is 0 Å². The fraction of sp³-hybridized carbons (Fsp3) is 0.0952. The molecular weight excluding hydrogens is 532 g/mol. The Kier molecular flexibility index (Phi) is 8.05. The van der Waals surface area contributed by atoms with E-state index in [1.807, 2.05) is 6.07 Å². The molecule has 2 nitrogen and oxygen atoms in total. The van der Waals surface area contributed by atoms with E-state index in [9.17, 15) is 0 Å². The van der Waals surface area contributed by atoms with E-state index >= 15 is 0 Å². The van der Waals surface area contributed by atoms with Crippen LogP contribution in [0.25, 0.3) is 22.3 Å². The Morgan fingerprint density at radius 3 is 2.09 bits per heavy atom. The quantitative estimate of drug-likeness (QED) is 0.195. The predicted octanol–water partition coefficient (Wildman–Crippen LogP) is 11.3. The topological polar surface area (TPSA) is 24.1 Å². The number of nitrogens with one attached hydrogen (secondary N) is 2. The molecule has 2 aliphatic rings. The summed E-state index contributed by atoms with van der Waals surface area (Å²) in [5.41, 5.74) is 12.1. The highest BCUT2D eigenvalue weighted by atomic mass is 14.9. The van der Waals surface area contributed by atoms with Gasteiger partial charge in [-0.15, -0.1) is 0 Å². The summed E-state index contributed by atoms with van der Waals surface area (Å²) in [7, 11) is 0. The molecule has 7 rings (SSSR count). The van der Waals surface area contributed by atoms with Gasteiger partial charge in [0.1, 0.15) is 0 Å². The molecule has 0 bridgehead atoms. The van der Waals surface area contributed by atoms with E-state index in [-0.39, 0.29) is 0 Å². The van der Waals surface area contributed by atoms with E-state index in [0.717, 1.165) is 29.9 Å². The minimum Gasteiger partial charge on any atom is -0.356 e. The van der Waals surface area contributed by atoms with Crippen LogP contribution in [0.15, 0.2) is 181 Å². The fourth-order valence-corrected chi connectivity index (χ4v) is 6.25. The molecule has 2 unspecified atom stereocenters. The lowest BCUT2D eigenvalue weighted by atomic mass is 9.80. The second kappa shape index (κ2) is 12.9. The Balaban J connectivity index is 1.18. The number of anilines is 3. The first-order chi connectivity index (χ1) is 21.8. The van der Waals surface area contributed by atoms with E-state index < -0.39 is 0 Å². The smallest absolute Gasteiger partial charge is 0.0463 e. The average Bonchev–Trinajstić information content (AvgIpc) is 3.10. The lowest BCUT2D eigenvalue weighted by molar-refractivity contribution is 0.732. The molecule has 0 aliphatic heterocycles. The molecule has 0 heterocycles. The Bertz CT molecular complexity index is 1860. The number of para-hydroxylation sites is 2. The minimum absolute atomic E-state index is 0.305. The molecule has 2 aliphatic carbocycles. The van der Waals surface area contributed by atoms with E-state index in [4.69, 9.17) is 0 Å². The van der Waals surface area contributed by atoms with Crippen molar-refractivity contribution in [1.82, 2.24) is 0 Å². The van der Waals surface area contributed by atoms with E-state index in [0.29, 0.717) is 11.8 Å². The molecule has 5 aromatic rings. The lowest BCUT2D eigenvalue weighted by Crippen LogP contribution is -2.16. The molecule has 0 spiro atoms. The lowest BCUT2D eigenvalue weighted by Gasteiger charge is -2.28. The molecule has 5 aromatic carbocycles. The first kappa shape index (κ1) is 27.5. The summed E-state index contributed by atoms with van der Waals surface area (Å²) in [4.78, 5) is 0. The summed E-state index contributed by atoms with van der Waals surface area (Å²) in [6.45, 7) is 0. The van der Waals surface area contributed by atoms with Crippen LogP contribution in [0, 0.1) is 5.92 Å². The normalized spacial score (nSPS) is 17.5. The maximum absolute atomic E-state index is 3.80. The number of benzene rings is 5. The SMILES string of the molecule is C1=CCC(C2=CC(c3cccc(-c4ccccc4Nc4ccccc4)c3)CC=C2Nc2cccc(-c3ccccc3)c2)C=C1. The van der Waals surface area contributed by atoms with Crippen molar-refractivity contribution in [2.75, 3.05) is 10.6 Å². The van der Waals surface area contributed by atoms with Gasteiger partial charge in [0.2, 0.25) is 0 Å². The number of hydrogen-bond donors (Lipinski definition) is 2. The third-order valence-corrected chi connectivity index (χ3v) is 8.50. The molecule has 2 atom stereocenters. The van der Waals surface area contributed by atoms with Gasteiger partial charge in [-0.2, -0.15) is 0 Å². The van der Waals surface area contributed by atoms with E-state index in [1.54, 1.807) is 0 Å². The second-order valence-corrected chi connectivity index (χ2v) is 11.5. The van der Waals surface area contributed by atoms with Gasteiger partial charge in [0, 0.05) is 40.2 Å². The van der Waals surface area contributed by atoms with Crippen molar-refractivity contribution in [3.63, 3.8) is 0 Å². The largest absolute Gasteiger partial charge is 0.356 e. The zero-order valence-corrected chi connectivity index (χ0v) is 24.7. The number of hydrogen-bond acceptors (Lipinski definition) is 2. The van der Waals surface area contributed by atoms with Crippen molar-refractivity contribution >= 4 is 17.1 Å². The molecule has 44 heavy (non-hydrogen) atoms. The predicted molar refractivity (Wildman–Crippen MR) is 187 cm³/mol. The number of allylic oxidation sites excluding steroid dienone is 7. The molecule has 0 amide bonds. The maximum atomic E-state index is 3.80. The zero-order valence-electron chi connectivity index (χ0n) is 24.7. The summed E-state index contributed by atoms with van der Waals surface area (Å²) in [6, 6.07) is 47.3. The van der Waals surface area contributed by atoms with E-state index in [1.165, 1.54) is 39.1 Å². The van der Waals surface area contributed by atoms with E-state index in [2.05, 4.69) is 174 Å². The van der Waals surface area contributed by atoms with Crippen molar-refractivity contribution in [1.29, 1.82) is 0 Å². The van der Waals surface area contributed by atoms with Crippen LogP contribution >= 0.6 is 0 Å². The molecule has 0 saturated heterocycles. The van der Waals surface area contributed by atoms with Crippen LogP contribution in [0.5, 0.6) is 0 Å². The summed E-state index contributed by atoms with van der Waals surface area (Å²) in [6.07, 6.45) is 15.8. The first-order valence-corrected chi connectivity index (χ1v) is 15.5. The highest BCUT2D eigenvalue weighted by Crippen LogP contribution is 2.39. The summed E-state index contributed by atoms with van der Waals surface area (Å²) in [5.74, 6) is 0.651. The van der Waals surface area contributed by atoms with Crippen molar-refractivity contribution in [3.05, 3.63) is 187 Å². The maximum Gasteiger partial charge on any atom is 0.0463 e. The third-order valence-electron chi connectivity index (χ3n) is 8.50. The third kappa shape index (κ3) is 6.21. The fourth-order valence-electron chi connectivity index (χ4n) is 6.25. The molecule has 0 radical (unpaired) electrons. The Labute approximate surface area is 260 Å². The van der Waals surface area contributed by atoms with Crippen molar-refractivity contribution in [3.8, 4) is 22.3 Å². The Morgan fingerprint density at radius 2 is 1.25 bits per heavy atom. The van der Waals surface area contributed by atoms with Crippen molar-refractivity contribution in [2.45, 2.75) is 18.8 Å². The summed E-state index contributed by atoms with van der Waals surface area (Å²) in [5, 5.41) is 7.42. The molecule has 0 aromatic heterocycles. The van der Waals surface area contributed by atoms with Gasteiger partial charge in [-0.25, -0.2) is 0 Å². The second-order valence-electron chi connectivity index (χ2n) is 11.5. The van der Waals surface area contributed by atoms with Gasteiger partial charge in [-0.1, -0.05) is 140 Å². The molecule has 214 valence electrons. The van der Waals surface area contributed by atoms with Crippen LogP contribution in [0.4, 0.5) is 17.1 Å². The number of rotatable bonds is 8. The van der Waals surface area contributed by atoms with Gasteiger partial charge in [-0.05, 0) is 71.0 Å².